The summed E-state index contributed by atoms with van der Waals surface area (Å²) in [5, 5.41) is 0.517. The summed E-state index contributed by atoms with van der Waals surface area (Å²) in [7, 11) is 1.70. The van der Waals surface area contributed by atoms with Crippen LogP contribution in [0.1, 0.15) is 17.5 Å². The van der Waals surface area contributed by atoms with E-state index in [1.54, 1.807) is 7.11 Å². The first-order valence-electron chi connectivity index (χ1n) is 8.77. The van der Waals surface area contributed by atoms with Crippen LogP contribution in [-0.2, 0) is 18.7 Å². The Morgan fingerprint density at radius 3 is 2.46 bits per heavy atom. The molecule has 2 N–H and O–H groups in total. The first kappa shape index (κ1) is 18.4. The number of imidazole rings is 1. The van der Waals surface area contributed by atoms with E-state index in [0.717, 1.165) is 36.6 Å². The van der Waals surface area contributed by atoms with Crippen molar-refractivity contribution in [3.05, 3.63) is 78.4 Å². The number of hydrogen-bond donors (Lipinski definition) is 1. The van der Waals surface area contributed by atoms with Gasteiger partial charge >= 0.3 is 0 Å². The highest BCUT2D eigenvalue weighted by molar-refractivity contribution is 7.99. The lowest BCUT2D eigenvalue weighted by Crippen LogP contribution is -2.13. The molecule has 4 nitrogen and oxygen atoms in total. The Morgan fingerprint density at radius 1 is 1.08 bits per heavy atom. The molecule has 1 unspecified atom stereocenters. The number of aryl methyl sites for hydroxylation is 1. The van der Waals surface area contributed by atoms with Crippen LogP contribution in [0.4, 0.5) is 5.69 Å². The molecule has 0 spiro atoms. The van der Waals surface area contributed by atoms with Crippen molar-refractivity contribution in [3.8, 4) is 5.75 Å². The summed E-state index contributed by atoms with van der Waals surface area (Å²) in [6.45, 7) is 0.968. The molecule has 0 aliphatic rings. The Hall–Kier alpha value is -2.40. The SMILES string of the molecule is COc1ccc(CCC(Cn2ccnc2)SCc2ccc(N)cc2)cc1. The molecular weight excluding hydrogens is 342 g/mol. The molecule has 136 valence electrons. The van der Waals surface area contributed by atoms with Crippen molar-refractivity contribution >= 4 is 17.4 Å². The van der Waals surface area contributed by atoms with Gasteiger partial charge in [-0.25, -0.2) is 4.98 Å². The van der Waals surface area contributed by atoms with Crippen molar-refractivity contribution in [2.24, 2.45) is 0 Å². The van der Waals surface area contributed by atoms with Crippen LogP contribution in [0.3, 0.4) is 0 Å². The summed E-state index contributed by atoms with van der Waals surface area (Å²) in [6.07, 6.45) is 7.93. The average molecular weight is 368 g/mol. The van der Waals surface area contributed by atoms with Gasteiger partial charge in [-0.2, -0.15) is 11.8 Å². The predicted molar refractivity (Wildman–Crippen MR) is 109 cm³/mol. The lowest BCUT2D eigenvalue weighted by Gasteiger charge is -2.17. The molecule has 0 aliphatic heterocycles. The number of nitrogens with two attached hydrogens (primary N) is 1. The Kier molecular flexibility index (Phi) is 6.61. The fourth-order valence-corrected chi connectivity index (χ4v) is 3.99. The van der Waals surface area contributed by atoms with Crippen molar-refractivity contribution < 1.29 is 4.74 Å². The lowest BCUT2D eigenvalue weighted by molar-refractivity contribution is 0.414. The standard InChI is InChI=1S/C21H25N3OS/c1-25-20-9-4-17(5-10-20)6-11-21(14-24-13-12-23-16-24)26-15-18-2-7-19(22)8-3-18/h2-5,7-10,12-13,16,21H,6,11,14-15,22H2,1H3. The number of aromatic nitrogens is 2. The fourth-order valence-electron chi connectivity index (χ4n) is 2.80. The maximum Gasteiger partial charge on any atom is 0.118 e. The van der Waals surface area contributed by atoms with Crippen LogP contribution in [0.2, 0.25) is 0 Å². The highest BCUT2D eigenvalue weighted by atomic mass is 32.2. The number of nitrogen functional groups attached to an aromatic ring is 1. The molecule has 2 aromatic carbocycles. The van der Waals surface area contributed by atoms with E-state index in [9.17, 15) is 0 Å². The predicted octanol–water partition coefficient (Wildman–Crippen LogP) is 4.41. The van der Waals surface area contributed by atoms with Gasteiger partial charge in [0.25, 0.3) is 0 Å². The summed E-state index contributed by atoms with van der Waals surface area (Å²) in [4.78, 5) is 4.17. The van der Waals surface area contributed by atoms with Crippen molar-refractivity contribution in [1.82, 2.24) is 9.55 Å². The second-order valence-corrected chi connectivity index (χ2v) is 7.61. The van der Waals surface area contributed by atoms with Gasteiger partial charge in [0, 0.05) is 35.6 Å². The molecule has 1 atom stereocenters. The van der Waals surface area contributed by atoms with Gasteiger partial charge in [0.2, 0.25) is 0 Å². The van der Waals surface area contributed by atoms with Crippen molar-refractivity contribution in [1.29, 1.82) is 0 Å². The zero-order valence-electron chi connectivity index (χ0n) is 15.0. The molecule has 1 aromatic heterocycles. The number of anilines is 1. The molecule has 0 saturated carbocycles. The van der Waals surface area contributed by atoms with E-state index < -0.39 is 0 Å². The first-order chi connectivity index (χ1) is 12.7. The van der Waals surface area contributed by atoms with Crippen LogP contribution in [0.15, 0.2) is 67.3 Å². The fraction of sp³-hybridized carbons (Fsp3) is 0.286. The van der Waals surface area contributed by atoms with Gasteiger partial charge in [-0.3, -0.25) is 0 Å². The third-order valence-corrected chi connectivity index (χ3v) is 5.71. The van der Waals surface area contributed by atoms with Crippen molar-refractivity contribution in [2.75, 3.05) is 12.8 Å². The molecule has 0 aliphatic carbocycles. The zero-order chi connectivity index (χ0) is 18.2. The minimum Gasteiger partial charge on any atom is -0.497 e. The van der Waals surface area contributed by atoms with E-state index >= 15 is 0 Å². The highest BCUT2D eigenvalue weighted by Gasteiger charge is 2.11. The maximum absolute atomic E-state index is 5.78. The number of rotatable bonds is 9. The zero-order valence-corrected chi connectivity index (χ0v) is 15.9. The van der Waals surface area contributed by atoms with Crippen LogP contribution in [0.5, 0.6) is 5.75 Å². The minimum absolute atomic E-state index is 0.517. The quantitative estimate of drug-likeness (QED) is 0.569. The van der Waals surface area contributed by atoms with Crippen molar-refractivity contribution in [2.45, 2.75) is 30.4 Å². The van der Waals surface area contributed by atoms with Gasteiger partial charge in [0.05, 0.1) is 13.4 Å². The minimum atomic E-state index is 0.517. The van der Waals surface area contributed by atoms with Crippen LogP contribution < -0.4 is 10.5 Å². The molecule has 0 saturated heterocycles. The number of nitrogens with zero attached hydrogens (tertiary/aromatic N) is 2. The van der Waals surface area contributed by atoms with Gasteiger partial charge in [-0.05, 0) is 48.2 Å². The lowest BCUT2D eigenvalue weighted by atomic mass is 10.1. The third kappa shape index (κ3) is 5.56. The van der Waals surface area contributed by atoms with Gasteiger partial charge in [-0.15, -0.1) is 0 Å². The van der Waals surface area contributed by atoms with Crippen molar-refractivity contribution in [3.63, 3.8) is 0 Å². The third-order valence-electron chi connectivity index (χ3n) is 4.35. The monoisotopic (exact) mass is 367 g/mol. The average Bonchev–Trinajstić information content (AvgIpc) is 3.19. The van der Waals surface area contributed by atoms with E-state index in [4.69, 9.17) is 10.5 Å². The number of thioether (sulfide) groups is 1. The van der Waals surface area contributed by atoms with Gasteiger partial charge < -0.3 is 15.0 Å². The summed E-state index contributed by atoms with van der Waals surface area (Å²) in [6, 6.07) is 16.5. The Bertz CT molecular complexity index is 770. The molecule has 0 bridgehead atoms. The second-order valence-electron chi connectivity index (χ2n) is 6.32. The Balaban J connectivity index is 1.59. The van der Waals surface area contributed by atoms with Gasteiger partial charge in [-0.1, -0.05) is 24.3 Å². The largest absolute Gasteiger partial charge is 0.497 e. The maximum atomic E-state index is 5.78. The molecule has 3 aromatic rings. The summed E-state index contributed by atoms with van der Waals surface area (Å²) in [5.74, 6) is 1.89. The van der Waals surface area contributed by atoms with Gasteiger partial charge in [0.1, 0.15) is 5.75 Å². The van der Waals surface area contributed by atoms with Crippen LogP contribution in [0, 0.1) is 0 Å². The molecule has 5 heteroatoms. The molecule has 1 heterocycles. The molecule has 0 fully saturated rings. The number of benzene rings is 2. The molecule has 26 heavy (non-hydrogen) atoms. The van der Waals surface area contributed by atoms with Gasteiger partial charge in [0.15, 0.2) is 0 Å². The summed E-state index contributed by atoms with van der Waals surface area (Å²) in [5.41, 5.74) is 9.24. The van der Waals surface area contributed by atoms with E-state index in [0.29, 0.717) is 5.25 Å². The number of hydrogen-bond acceptors (Lipinski definition) is 4. The Labute approximate surface area is 159 Å². The molecular formula is C21H25N3OS. The summed E-state index contributed by atoms with van der Waals surface area (Å²) >= 11 is 1.99. The van der Waals surface area contributed by atoms with Crippen LogP contribution in [-0.4, -0.2) is 21.9 Å². The van der Waals surface area contributed by atoms with E-state index in [1.807, 2.05) is 54.7 Å². The molecule has 0 radical (unpaired) electrons. The normalized spacial score (nSPS) is 12.0. The second kappa shape index (κ2) is 9.34. The summed E-state index contributed by atoms with van der Waals surface area (Å²) < 4.78 is 7.40. The smallest absolute Gasteiger partial charge is 0.118 e. The van der Waals surface area contributed by atoms with Crippen LogP contribution >= 0.6 is 11.8 Å². The topological polar surface area (TPSA) is 53.1 Å². The number of ether oxygens (including phenoxy) is 1. The van der Waals surface area contributed by atoms with E-state index in [1.165, 1.54) is 11.1 Å². The van der Waals surface area contributed by atoms with E-state index in [-0.39, 0.29) is 0 Å². The highest BCUT2D eigenvalue weighted by Crippen LogP contribution is 2.24. The van der Waals surface area contributed by atoms with E-state index in [2.05, 4.69) is 33.8 Å². The number of methoxy groups -OCH3 is 1. The Morgan fingerprint density at radius 2 is 1.81 bits per heavy atom. The first-order valence-corrected chi connectivity index (χ1v) is 9.82. The van der Waals surface area contributed by atoms with Crippen LogP contribution in [0.25, 0.3) is 0 Å². The molecule has 0 amide bonds. The molecule has 3 rings (SSSR count).